The van der Waals surface area contributed by atoms with Crippen LogP contribution in [-0.4, -0.2) is 46.5 Å². The van der Waals surface area contributed by atoms with E-state index in [9.17, 15) is 19.2 Å². The zero-order valence-electron chi connectivity index (χ0n) is 15.4. The van der Waals surface area contributed by atoms with Gasteiger partial charge in [-0.25, -0.2) is 20.1 Å². The fourth-order valence-corrected chi connectivity index (χ4v) is 3.05. The number of rotatable bonds is 4. The molecule has 1 aromatic carbocycles. The molecule has 2 heterocycles. The Kier molecular flexibility index (Phi) is 6.08. The minimum Gasteiger partial charge on any atom is -0.449 e. The van der Waals surface area contributed by atoms with Crippen molar-refractivity contribution in [3.63, 3.8) is 0 Å². The van der Waals surface area contributed by atoms with Gasteiger partial charge >= 0.3 is 6.09 Å². The maximum atomic E-state index is 13.0. The summed E-state index contributed by atoms with van der Waals surface area (Å²) in [7, 11) is 0. The van der Waals surface area contributed by atoms with E-state index >= 15 is 0 Å². The Bertz CT molecular complexity index is 953. The molecule has 2 aromatic rings. The average molecular weight is 417 g/mol. The molecule has 1 N–H and O–H groups in total. The number of nitrogens with one attached hydrogen (secondary N) is 1. The monoisotopic (exact) mass is 416 g/mol. The molecule has 10 heteroatoms. The first-order chi connectivity index (χ1) is 13.9. The van der Waals surface area contributed by atoms with E-state index in [1.165, 1.54) is 30.6 Å². The first-order valence-electron chi connectivity index (χ1n) is 8.71. The van der Waals surface area contributed by atoms with Crippen LogP contribution in [0.5, 0.6) is 0 Å². The van der Waals surface area contributed by atoms with E-state index in [2.05, 4.69) is 10.4 Å². The van der Waals surface area contributed by atoms with Gasteiger partial charge in [-0.1, -0.05) is 17.7 Å². The molecule has 1 unspecified atom stereocenters. The van der Waals surface area contributed by atoms with Crippen molar-refractivity contribution >= 4 is 41.1 Å². The van der Waals surface area contributed by atoms with Crippen molar-refractivity contribution < 1.29 is 23.9 Å². The molecule has 0 spiro atoms. The Hall–Kier alpha value is -3.46. The van der Waals surface area contributed by atoms with Crippen LogP contribution in [0.3, 0.4) is 0 Å². The number of pyridine rings is 1. The quantitative estimate of drug-likeness (QED) is 0.604. The summed E-state index contributed by atoms with van der Waals surface area (Å²) in [6.07, 6.45) is 1.53. The third-order valence-electron chi connectivity index (χ3n) is 4.12. The normalized spacial score (nSPS) is 15.9. The number of aromatic nitrogens is 1. The van der Waals surface area contributed by atoms with Gasteiger partial charge in [-0.15, -0.1) is 0 Å². The van der Waals surface area contributed by atoms with Gasteiger partial charge in [-0.05, 0) is 37.3 Å². The number of carbonyl (C=O) groups excluding carboxylic acids is 4. The van der Waals surface area contributed by atoms with E-state index in [4.69, 9.17) is 16.3 Å². The van der Waals surface area contributed by atoms with E-state index in [1.807, 2.05) is 0 Å². The predicted molar refractivity (Wildman–Crippen MR) is 103 cm³/mol. The molecular weight excluding hydrogens is 400 g/mol. The van der Waals surface area contributed by atoms with Gasteiger partial charge in [0.05, 0.1) is 24.3 Å². The molecule has 29 heavy (non-hydrogen) atoms. The highest BCUT2D eigenvalue weighted by Gasteiger charge is 2.45. The van der Waals surface area contributed by atoms with Crippen molar-refractivity contribution in [1.29, 1.82) is 0 Å². The first-order valence-corrected chi connectivity index (χ1v) is 9.09. The summed E-state index contributed by atoms with van der Waals surface area (Å²) in [5.41, 5.74) is 2.67. The molecule has 9 nitrogen and oxygen atoms in total. The second kappa shape index (κ2) is 8.70. The third kappa shape index (κ3) is 4.35. The van der Waals surface area contributed by atoms with Gasteiger partial charge in [0.25, 0.3) is 11.8 Å². The number of imide groups is 1. The minimum absolute atomic E-state index is 0.0624. The highest BCUT2D eigenvalue weighted by atomic mass is 35.5. The number of ether oxygens (including phenoxy) is 1. The van der Waals surface area contributed by atoms with E-state index in [1.54, 1.807) is 25.1 Å². The van der Waals surface area contributed by atoms with Crippen LogP contribution >= 0.6 is 11.6 Å². The zero-order valence-corrected chi connectivity index (χ0v) is 16.1. The van der Waals surface area contributed by atoms with E-state index in [-0.39, 0.29) is 24.3 Å². The molecule has 0 saturated carbocycles. The van der Waals surface area contributed by atoms with Gasteiger partial charge in [-0.3, -0.25) is 19.4 Å². The molecule has 1 aliphatic heterocycles. The van der Waals surface area contributed by atoms with Gasteiger partial charge in [0.2, 0.25) is 5.91 Å². The molecule has 4 amide bonds. The number of benzene rings is 1. The average Bonchev–Trinajstić information content (AvgIpc) is 3.00. The number of hydrazine groups is 1. The van der Waals surface area contributed by atoms with E-state index < -0.39 is 29.9 Å². The van der Waals surface area contributed by atoms with Crippen LogP contribution in [0.2, 0.25) is 5.02 Å². The number of amides is 4. The van der Waals surface area contributed by atoms with Crippen LogP contribution in [0.4, 0.5) is 10.5 Å². The summed E-state index contributed by atoms with van der Waals surface area (Å²) in [4.78, 5) is 55.3. The number of anilines is 1. The lowest BCUT2D eigenvalue weighted by molar-refractivity contribution is -0.122. The smallest absolute Gasteiger partial charge is 0.426 e. The summed E-state index contributed by atoms with van der Waals surface area (Å²) in [6, 6.07) is 7.98. The Morgan fingerprint density at radius 2 is 2.10 bits per heavy atom. The molecule has 3 rings (SSSR count). The Balaban J connectivity index is 1.93. The lowest BCUT2D eigenvalue weighted by Crippen LogP contribution is -2.54. The SMILES string of the molecule is CCOC(=O)NN(C(=O)c1cccnc1)C1CC(=O)N(c2cccc(Cl)c2)C1=O. The van der Waals surface area contributed by atoms with Crippen molar-refractivity contribution in [3.05, 3.63) is 59.4 Å². The van der Waals surface area contributed by atoms with Crippen LogP contribution in [0, 0.1) is 0 Å². The predicted octanol–water partition coefficient (Wildman–Crippen LogP) is 2.17. The van der Waals surface area contributed by atoms with Gasteiger partial charge in [0.15, 0.2) is 0 Å². The van der Waals surface area contributed by atoms with Crippen molar-refractivity contribution in [2.45, 2.75) is 19.4 Å². The third-order valence-corrected chi connectivity index (χ3v) is 4.35. The first kappa shape index (κ1) is 20.3. The number of nitrogens with zero attached hydrogens (tertiary/aromatic N) is 3. The number of carbonyl (C=O) groups is 4. The minimum atomic E-state index is -1.25. The molecule has 150 valence electrons. The summed E-state index contributed by atoms with van der Waals surface area (Å²) in [5.74, 6) is -1.91. The summed E-state index contributed by atoms with van der Waals surface area (Å²) >= 11 is 5.96. The standard InChI is InChI=1S/C19H17ClN4O5/c1-2-29-19(28)22-24(17(26)12-5-4-8-21-11-12)15-10-16(25)23(18(15)27)14-7-3-6-13(20)9-14/h3-9,11,15H,2,10H2,1H3,(H,22,28). The van der Waals surface area contributed by atoms with Crippen LogP contribution < -0.4 is 10.3 Å². The van der Waals surface area contributed by atoms with Gasteiger partial charge in [0.1, 0.15) is 6.04 Å². The van der Waals surface area contributed by atoms with Gasteiger partial charge in [-0.2, -0.15) is 0 Å². The highest BCUT2D eigenvalue weighted by molar-refractivity contribution is 6.31. The van der Waals surface area contributed by atoms with E-state index in [0.29, 0.717) is 5.02 Å². The lowest BCUT2D eigenvalue weighted by atomic mass is 10.2. The molecule has 1 aliphatic rings. The Labute approximate surface area is 171 Å². The molecule has 1 atom stereocenters. The largest absolute Gasteiger partial charge is 0.449 e. The topological polar surface area (TPSA) is 109 Å². The molecular formula is C19H17ClN4O5. The molecule has 0 radical (unpaired) electrons. The summed E-state index contributed by atoms with van der Waals surface area (Å²) < 4.78 is 4.82. The maximum Gasteiger partial charge on any atom is 0.426 e. The summed E-state index contributed by atoms with van der Waals surface area (Å²) in [6.45, 7) is 1.66. The highest BCUT2D eigenvalue weighted by Crippen LogP contribution is 2.27. The molecule has 1 saturated heterocycles. The van der Waals surface area contributed by atoms with Gasteiger partial charge < -0.3 is 4.74 Å². The van der Waals surface area contributed by atoms with Gasteiger partial charge in [0, 0.05) is 17.4 Å². The Morgan fingerprint density at radius 1 is 1.31 bits per heavy atom. The number of halogens is 1. The number of hydrogen-bond donors (Lipinski definition) is 1. The van der Waals surface area contributed by atoms with Crippen LogP contribution in [-0.2, 0) is 14.3 Å². The summed E-state index contributed by atoms with van der Waals surface area (Å²) in [5, 5.41) is 1.15. The van der Waals surface area contributed by atoms with E-state index in [0.717, 1.165) is 9.91 Å². The fourth-order valence-electron chi connectivity index (χ4n) is 2.86. The molecule has 1 aromatic heterocycles. The van der Waals surface area contributed by atoms with Crippen LogP contribution in [0.1, 0.15) is 23.7 Å². The van der Waals surface area contributed by atoms with Crippen LogP contribution in [0.25, 0.3) is 0 Å². The number of hydrogen-bond acceptors (Lipinski definition) is 6. The zero-order chi connectivity index (χ0) is 21.0. The Morgan fingerprint density at radius 3 is 2.76 bits per heavy atom. The van der Waals surface area contributed by atoms with Crippen molar-refractivity contribution in [1.82, 2.24) is 15.4 Å². The lowest BCUT2D eigenvalue weighted by Gasteiger charge is -2.27. The van der Waals surface area contributed by atoms with Crippen LogP contribution in [0.15, 0.2) is 48.8 Å². The molecule has 0 bridgehead atoms. The second-order valence-electron chi connectivity index (χ2n) is 6.02. The van der Waals surface area contributed by atoms with Crippen molar-refractivity contribution in [2.75, 3.05) is 11.5 Å². The molecule has 0 aliphatic carbocycles. The maximum absolute atomic E-state index is 13.0. The fraction of sp³-hybridized carbons (Fsp3) is 0.211. The van der Waals surface area contributed by atoms with Crippen molar-refractivity contribution in [2.24, 2.45) is 0 Å². The second-order valence-corrected chi connectivity index (χ2v) is 6.45. The van der Waals surface area contributed by atoms with Crippen molar-refractivity contribution in [3.8, 4) is 0 Å². The molecule has 1 fully saturated rings.